The van der Waals surface area contributed by atoms with E-state index in [1.807, 2.05) is 20.8 Å². The van der Waals surface area contributed by atoms with Gasteiger partial charge in [-0.1, -0.05) is 20.8 Å². The molecule has 14 heavy (non-hydrogen) atoms. The first-order chi connectivity index (χ1) is 6.37. The first kappa shape index (κ1) is 13.8. The highest BCUT2D eigenvalue weighted by atomic mass is 19.4. The van der Waals surface area contributed by atoms with E-state index in [2.05, 4.69) is 5.32 Å². The Hall–Kier alpha value is -0.250. The van der Waals surface area contributed by atoms with Gasteiger partial charge in [0, 0.05) is 12.5 Å². The molecule has 0 amide bonds. The third kappa shape index (κ3) is 7.18. The van der Waals surface area contributed by atoms with Crippen LogP contribution >= 0.6 is 0 Å². The Morgan fingerprint density at radius 2 is 1.79 bits per heavy atom. The fourth-order valence-electron chi connectivity index (χ4n) is 1.32. The maximum atomic E-state index is 12.0. The van der Waals surface area contributed by atoms with Gasteiger partial charge in [0.1, 0.15) is 0 Å². The molecule has 1 atom stereocenters. The van der Waals surface area contributed by atoms with Crippen molar-refractivity contribution in [3.63, 3.8) is 0 Å². The molecular weight excluding hydrogens is 191 g/mol. The van der Waals surface area contributed by atoms with Crippen LogP contribution in [-0.4, -0.2) is 18.8 Å². The lowest BCUT2D eigenvalue weighted by atomic mass is 9.99. The Morgan fingerprint density at radius 1 is 1.21 bits per heavy atom. The van der Waals surface area contributed by atoms with E-state index in [0.29, 0.717) is 0 Å². The summed E-state index contributed by atoms with van der Waals surface area (Å²) in [5, 5.41) is 3.14. The molecule has 0 bridgehead atoms. The van der Waals surface area contributed by atoms with Gasteiger partial charge >= 0.3 is 6.18 Å². The second-order valence-corrected chi connectivity index (χ2v) is 3.96. The molecule has 0 spiro atoms. The summed E-state index contributed by atoms with van der Waals surface area (Å²) in [6, 6.07) is -0.0171. The molecule has 86 valence electrons. The predicted molar refractivity (Wildman–Crippen MR) is 52.2 cm³/mol. The van der Waals surface area contributed by atoms with Crippen LogP contribution in [0.4, 0.5) is 13.2 Å². The molecule has 4 heteroatoms. The summed E-state index contributed by atoms with van der Waals surface area (Å²) in [7, 11) is 0. The molecule has 0 fully saturated rings. The van der Waals surface area contributed by atoms with Crippen molar-refractivity contribution in [2.75, 3.05) is 6.54 Å². The summed E-state index contributed by atoms with van der Waals surface area (Å²) in [5.74, 6) is 0.254. The van der Waals surface area contributed by atoms with Crippen molar-refractivity contribution in [2.24, 2.45) is 5.92 Å². The van der Waals surface area contributed by atoms with Gasteiger partial charge in [0.2, 0.25) is 0 Å². The van der Waals surface area contributed by atoms with Crippen molar-refractivity contribution in [1.82, 2.24) is 5.32 Å². The molecule has 0 aliphatic heterocycles. The number of halogens is 3. The first-order valence-electron chi connectivity index (χ1n) is 5.17. The van der Waals surface area contributed by atoms with Gasteiger partial charge in [-0.05, 0) is 25.3 Å². The zero-order valence-electron chi connectivity index (χ0n) is 9.12. The summed E-state index contributed by atoms with van der Waals surface area (Å²) in [4.78, 5) is 0. The Labute approximate surface area is 84.1 Å². The van der Waals surface area contributed by atoms with Gasteiger partial charge in [0.05, 0.1) is 0 Å². The van der Waals surface area contributed by atoms with Crippen LogP contribution in [0.3, 0.4) is 0 Å². The second-order valence-electron chi connectivity index (χ2n) is 3.96. The predicted octanol–water partition coefficient (Wildman–Crippen LogP) is 3.35. The molecule has 0 aromatic rings. The number of hydrogen-bond donors (Lipinski definition) is 1. The summed E-state index contributed by atoms with van der Waals surface area (Å²) in [5.41, 5.74) is 0. The molecule has 0 aromatic heterocycles. The van der Waals surface area contributed by atoms with Crippen molar-refractivity contribution in [1.29, 1.82) is 0 Å². The van der Waals surface area contributed by atoms with Gasteiger partial charge in [-0.25, -0.2) is 0 Å². The van der Waals surface area contributed by atoms with Crippen LogP contribution in [0.25, 0.3) is 0 Å². The summed E-state index contributed by atoms with van der Waals surface area (Å²) < 4.78 is 35.9. The standard InChI is InChI=1S/C10H20F3N/c1-4-7-14-9(8(2)3)5-6-10(11,12)13/h8-9,14H,4-7H2,1-3H3. The highest BCUT2D eigenvalue weighted by Gasteiger charge is 2.28. The highest BCUT2D eigenvalue weighted by molar-refractivity contribution is 4.71. The second kappa shape index (κ2) is 6.27. The van der Waals surface area contributed by atoms with Crippen LogP contribution in [-0.2, 0) is 0 Å². The molecule has 0 aliphatic carbocycles. The van der Waals surface area contributed by atoms with Gasteiger partial charge in [-0.3, -0.25) is 0 Å². The van der Waals surface area contributed by atoms with Gasteiger partial charge in [0.25, 0.3) is 0 Å². The average molecular weight is 211 g/mol. The number of alkyl halides is 3. The largest absolute Gasteiger partial charge is 0.389 e. The molecule has 1 unspecified atom stereocenters. The van der Waals surface area contributed by atoms with Crippen LogP contribution in [0.2, 0.25) is 0 Å². The van der Waals surface area contributed by atoms with Gasteiger partial charge < -0.3 is 5.32 Å². The lowest BCUT2D eigenvalue weighted by Crippen LogP contribution is -2.35. The fourth-order valence-corrected chi connectivity index (χ4v) is 1.32. The van der Waals surface area contributed by atoms with E-state index >= 15 is 0 Å². The smallest absolute Gasteiger partial charge is 0.314 e. The van der Waals surface area contributed by atoms with Crippen LogP contribution < -0.4 is 5.32 Å². The molecule has 0 radical (unpaired) electrons. The van der Waals surface area contributed by atoms with Crippen molar-refractivity contribution >= 4 is 0 Å². The topological polar surface area (TPSA) is 12.0 Å². The number of nitrogens with one attached hydrogen (secondary N) is 1. The monoisotopic (exact) mass is 211 g/mol. The van der Waals surface area contributed by atoms with E-state index in [4.69, 9.17) is 0 Å². The van der Waals surface area contributed by atoms with Crippen LogP contribution in [0.5, 0.6) is 0 Å². The minimum atomic E-state index is -4.03. The quantitative estimate of drug-likeness (QED) is 0.710. The Bertz CT molecular complexity index is 143. The normalized spacial score (nSPS) is 14.8. The summed E-state index contributed by atoms with van der Waals surface area (Å²) >= 11 is 0. The molecule has 0 aromatic carbocycles. The Kier molecular flexibility index (Phi) is 6.16. The number of rotatable bonds is 6. The van der Waals surface area contributed by atoms with E-state index in [9.17, 15) is 13.2 Å². The van der Waals surface area contributed by atoms with Crippen LogP contribution in [0.15, 0.2) is 0 Å². The first-order valence-corrected chi connectivity index (χ1v) is 5.17. The average Bonchev–Trinajstić information content (AvgIpc) is 2.01. The zero-order valence-corrected chi connectivity index (χ0v) is 9.12. The molecule has 1 N–H and O–H groups in total. The third-order valence-corrected chi connectivity index (χ3v) is 2.20. The van der Waals surface area contributed by atoms with E-state index in [-0.39, 0.29) is 18.4 Å². The van der Waals surface area contributed by atoms with E-state index in [1.165, 1.54) is 0 Å². The van der Waals surface area contributed by atoms with Gasteiger partial charge in [-0.15, -0.1) is 0 Å². The minimum absolute atomic E-state index is 0.0171. The SMILES string of the molecule is CCCNC(CCC(F)(F)F)C(C)C. The fraction of sp³-hybridized carbons (Fsp3) is 1.00. The third-order valence-electron chi connectivity index (χ3n) is 2.20. The summed E-state index contributed by atoms with van der Waals surface area (Å²) in [6.45, 7) is 6.70. The number of hydrogen-bond acceptors (Lipinski definition) is 1. The molecular formula is C10H20F3N. The molecule has 0 rings (SSSR count). The van der Waals surface area contributed by atoms with Crippen molar-refractivity contribution < 1.29 is 13.2 Å². The zero-order chi connectivity index (χ0) is 11.2. The van der Waals surface area contributed by atoms with Gasteiger partial charge in [-0.2, -0.15) is 13.2 Å². The van der Waals surface area contributed by atoms with Gasteiger partial charge in [0.15, 0.2) is 0 Å². The summed E-state index contributed by atoms with van der Waals surface area (Å²) in [6.07, 6.45) is -3.58. The van der Waals surface area contributed by atoms with E-state index in [0.717, 1.165) is 13.0 Å². The van der Waals surface area contributed by atoms with Crippen molar-refractivity contribution in [3.8, 4) is 0 Å². The maximum Gasteiger partial charge on any atom is 0.389 e. The molecule has 0 saturated heterocycles. The Balaban J connectivity index is 3.85. The maximum absolute atomic E-state index is 12.0. The minimum Gasteiger partial charge on any atom is -0.314 e. The molecule has 0 aliphatic rings. The lowest BCUT2D eigenvalue weighted by Gasteiger charge is -2.22. The molecule has 0 saturated carbocycles. The Morgan fingerprint density at radius 3 is 2.14 bits per heavy atom. The molecule has 0 heterocycles. The van der Waals surface area contributed by atoms with Crippen molar-refractivity contribution in [2.45, 2.75) is 52.3 Å². The van der Waals surface area contributed by atoms with Crippen LogP contribution in [0.1, 0.15) is 40.0 Å². The van der Waals surface area contributed by atoms with E-state index < -0.39 is 12.6 Å². The van der Waals surface area contributed by atoms with E-state index in [1.54, 1.807) is 0 Å². The lowest BCUT2D eigenvalue weighted by molar-refractivity contribution is -0.137. The van der Waals surface area contributed by atoms with Crippen LogP contribution in [0, 0.1) is 5.92 Å². The molecule has 1 nitrogen and oxygen atoms in total. The highest BCUT2D eigenvalue weighted by Crippen LogP contribution is 2.23. The van der Waals surface area contributed by atoms with Crippen molar-refractivity contribution in [3.05, 3.63) is 0 Å².